The van der Waals surface area contributed by atoms with Crippen LogP contribution in [-0.4, -0.2) is 37.3 Å². The average Bonchev–Trinajstić information content (AvgIpc) is 2.99. The van der Waals surface area contributed by atoms with E-state index in [4.69, 9.17) is 23.2 Å². The van der Waals surface area contributed by atoms with Crippen molar-refractivity contribution in [3.8, 4) is 0 Å². The standard InChI is InChI=1S/C17H17Cl2N3O2S/c18-15-4-3-13(6-16(15)19)25(23,24)22-9-11-2-1-5-21-17(11)14-8-20-7-12(14)10-22/h1-6,12,14,20H,7-10H2/t12-,14+/m0/s1. The summed E-state index contributed by atoms with van der Waals surface area (Å²) in [6, 6.07) is 8.25. The molecule has 3 heterocycles. The Morgan fingerprint density at radius 1 is 1.16 bits per heavy atom. The highest BCUT2D eigenvalue weighted by molar-refractivity contribution is 7.89. The van der Waals surface area contributed by atoms with Crippen LogP contribution in [0.3, 0.4) is 0 Å². The van der Waals surface area contributed by atoms with E-state index in [9.17, 15) is 8.42 Å². The van der Waals surface area contributed by atoms with E-state index in [1.807, 2.05) is 12.1 Å². The number of fused-ring (bicyclic) bond motifs is 3. The third-order valence-electron chi connectivity index (χ3n) is 4.93. The summed E-state index contributed by atoms with van der Waals surface area (Å²) in [4.78, 5) is 4.70. The first-order valence-electron chi connectivity index (χ1n) is 8.06. The molecule has 0 radical (unpaired) electrons. The molecule has 0 saturated carbocycles. The second-order valence-corrected chi connectivity index (χ2v) is 9.20. The molecule has 2 aromatic rings. The zero-order valence-electron chi connectivity index (χ0n) is 13.3. The topological polar surface area (TPSA) is 62.3 Å². The maximum atomic E-state index is 13.2. The van der Waals surface area contributed by atoms with Crippen LogP contribution in [0.2, 0.25) is 10.0 Å². The minimum absolute atomic E-state index is 0.164. The molecular weight excluding hydrogens is 381 g/mol. The maximum Gasteiger partial charge on any atom is 0.243 e. The summed E-state index contributed by atoms with van der Waals surface area (Å²) in [6.07, 6.45) is 1.78. The van der Waals surface area contributed by atoms with Crippen molar-refractivity contribution in [2.75, 3.05) is 19.6 Å². The highest BCUT2D eigenvalue weighted by Crippen LogP contribution is 2.36. The fraction of sp³-hybridized carbons (Fsp3) is 0.353. The summed E-state index contributed by atoms with van der Waals surface area (Å²) < 4.78 is 27.9. The van der Waals surface area contributed by atoms with Crippen molar-refractivity contribution in [1.82, 2.24) is 14.6 Å². The van der Waals surface area contributed by atoms with Crippen LogP contribution in [-0.2, 0) is 16.6 Å². The number of hydrogen-bond donors (Lipinski definition) is 1. The summed E-state index contributed by atoms with van der Waals surface area (Å²) in [6.45, 7) is 2.39. The zero-order valence-corrected chi connectivity index (χ0v) is 15.7. The first-order valence-corrected chi connectivity index (χ1v) is 10.3. The molecule has 132 valence electrons. The van der Waals surface area contributed by atoms with Crippen molar-refractivity contribution >= 4 is 33.2 Å². The molecular formula is C17H17Cl2N3O2S. The summed E-state index contributed by atoms with van der Waals surface area (Å²) >= 11 is 12.0. The minimum Gasteiger partial charge on any atom is -0.316 e. The number of halogens is 2. The maximum absolute atomic E-state index is 13.2. The average molecular weight is 398 g/mol. The number of nitrogens with one attached hydrogen (secondary N) is 1. The van der Waals surface area contributed by atoms with Crippen molar-refractivity contribution in [2.45, 2.75) is 17.4 Å². The minimum atomic E-state index is -3.67. The molecule has 1 N–H and O–H groups in total. The van der Waals surface area contributed by atoms with Crippen LogP contribution in [0.4, 0.5) is 0 Å². The van der Waals surface area contributed by atoms with E-state index in [2.05, 4.69) is 10.3 Å². The predicted octanol–water partition coefficient (Wildman–Crippen LogP) is 2.90. The Morgan fingerprint density at radius 3 is 2.80 bits per heavy atom. The monoisotopic (exact) mass is 397 g/mol. The van der Waals surface area contributed by atoms with Crippen molar-refractivity contribution in [3.63, 3.8) is 0 Å². The van der Waals surface area contributed by atoms with Gasteiger partial charge in [0.15, 0.2) is 0 Å². The smallest absolute Gasteiger partial charge is 0.243 e. The Hall–Kier alpha value is -1.18. The van der Waals surface area contributed by atoms with Gasteiger partial charge >= 0.3 is 0 Å². The molecule has 25 heavy (non-hydrogen) atoms. The molecule has 0 aliphatic carbocycles. The number of rotatable bonds is 2. The lowest BCUT2D eigenvalue weighted by Gasteiger charge is -2.23. The quantitative estimate of drug-likeness (QED) is 0.845. The van der Waals surface area contributed by atoms with Crippen molar-refractivity contribution < 1.29 is 8.42 Å². The Labute approximate surface area is 157 Å². The van der Waals surface area contributed by atoms with Crippen LogP contribution in [0.15, 0.2) is 41.4 Å². The number of benzene rings is 1. The normalized spacial score (nSPS) is 23.8. The van der Waals surface area contributed by atoms with Gasteiger partial charge in [0.2, 0.25) is 10.0 Å². The Balaban J connectivity index is 1.76. The van der Waals surface area contributed by atoms with Gasteiger partial charge in [0, 0.05) is 37.4 Å². The van der Waals surface area contributed by atoms with E-state index in [0.717, 1.165) is 24.3 Å². The van der Waals surface area contributed by atoms with E-state index in [-0.39, 0.29) is 21.8 Å². The fourth-order valence-electron chi connectivity index (χ4n) is 3.65. The van der Waals surface area contributed by atoms with Gasteiger partial charge in [-0.05, 0) is 42.3 Å². The number of pyridine rings is 1. The van der Waals surface area contributed by atoms with Crippen molar-refractivity contribution in [2.24, 2.45) is 5.92 Å². The van der Waals surface area contributed by atoms with Gasteiger partial charge < -0.3 is 5.32 Å². The molecule has 4 rings (SSSR count). The molecule has 1 aromatic heterocycles. The molecule has 1 fully saturated rings. The molecule has 5 nitrogen and oxygen atoms in total. The number of sulfonamides is 1. The third-order valence-corrected chi connectivity index (χ3v) is 7.48. The molecule has 1 aromatic carbocycles. The van der Waals surface area contributed by atoms with Crippen LogP contribution in [0.1, 0.15) is 17.2 Å². The van der Waals surface area contributed by atoms with Crippen LogP contribution < -0.4 is 5.32 Å². The Bertz CT molecular complexity index is 920. The molecule has 8 heteroatoms. The summed E-state index contributed by atoms with van der Waals surface area (Å²) in [5.74, 6) is 0.443. The molecule has 0 amide bonds. The fourth-order valence-corrected chi connectivity index (χ4v) is 5.51. The second kappa shape index (κ2) is 6.52. The van der Waals surface area contributed by atoms with Gasteiger partial charge in [-0.15, -0.1) is 0 Å². The van der Waals surface area contributed by atoms with Gasteiger partial charge in [-0.3, -0.25) is 4.98 Å². The van der Waals surface area contributed by atoms with Gasteiger partial charge in [-0.2, -0.15) is 4.31 Å². The highest BCUT2D eigenvalue weighted by atomic mass is 35.5. The van der Waals surface area contributed by atoms with E-state index in [1.165, 1.54) is 22.5 Å². The summed E-state index contributed by atoms with van der Waals surface area (Å²) in [7, 11) is -3.67. The molecule has 1 saturated heterocycles. The largest absolute Gasteiger partial charge is 0.316 e. The summed E-state index contributed by atoms with van der Waals surface area (Å²) in [5.41, 5.74) is 1.96. The van der Waals surface area contributed by atoms with E-state index >= 15 is 0 Å². The Morgan fingerprint density at radius 2 is 2.00 bits per heavy atom. The van der Waals surface area contributed by atoms with E-state index in [1.54, 1.807) is 6.20 Å². The summed E-state index contributed by atoms with van der Waals surface area (Å²) in [5, 5.41) is 3.94. The highest BCUT2D eigenvalue weighted by Gasteiger charge is 2.39. The van der Waals surface area contributed by atoms with Crippen LogP contribution in [0.25, 0.3) is 0 Å². The molecule has 0 bridgehead atoms. The van der Waals surface area contributed by atoms with Gasteiger partial charge in [0.1, 0.15) is 0 Å². The second-order valence-electron chi connectivity index (χ2n) is 6.45. The predicted molar refractivity (Wildman–Crippen MR) is 97.4 cm³/mol. The SMILES string of the molecule is O=S(=O)(c1ccc(Cl)c(Cl)c1)N1Cc2cccnc2[C@@H]2CNC[C@H]2C1. The van der Waals surface area contributed by atoms with Gasteiger partial charge in [0.25, 0.3) is 0 Å². The van der Waals surface area contributed by atoms with E-state index in [0.29, 0.717) is 18.1 Å². The first kappa shape index (κ1) is 17.2. The number of nitrogens with zero attached hydrogens (tertiary/aromatic N) is 2. The lowest BCUT2D eigenvalue weighted by molar-refractivity contribution is 0.349. The van der Waals surface area contributed by atoms with Crippen molar-refractivity contribution in [3.05, 3.63) is 57.8 Å². The van der Waals surface area contributed by atoms with Crippen LogP contribution in [0.5, 0.6) is 0 Å². The molecule has 2 aliphatic heterocycles. The van der Waals surface area contributed by atoms with Gasteiger partial charge in [-0.1, -0.05) is 29.3 Å². The number of aromatic nitrogens is 1. The van der Waals surface area contributed by atoms with Gasteiger partial charge in [-0.25, -0.2) is 8.42 Å². The molecule has 2 atom stereocenters. The Kier molecular flexibility index (Phi) is 4.50. The van der Waals surface area contributed by atoms with Crippen LogP contribution >= 0.6 is 23.2 Å². The lowest BCUT2D eigenvalue weighted by Crippen LogP contribution is -2.35. The lowest BCUT2D eigenvalue weighted by atomic mass is 9.91. The zero-order chi connectivity index (χ0) is 17.6. The van der Waals surface area contributed by atoms with Crippen molar-refractivity contribution in [1.29, 1.82) is 0 Å². The van der Waals surface area contributed by atoms with E-state index < -0.39 is 10.0 Å². The molecule has 0 spiro atoms. The van der Waals surface area contributed by atoms with Crippen LogP contribution in [0, 0.1) is 5.92 Å². The first-order chi connectivity index (χ1) is 12.0. The third kappa shape index (κ3) is 3.06. The number of hydrogen-bond acceptors (Lipinski definition) is 4. The van der Waals surface area contributed by atoms with Gasteiger partial charge in [0.05, 0.1) is 14.9 Å². The molecule has 2 aliphatic rings. The molecule has 0 unspecified atom stereocenters.